The molecule has 1 saturated carbocycles. The van der Waals surface area contributed by atoms with Crippen LogP contribution in [0.25, 0.3) is 5.82 Å². The van der Waals surface area contributed by atoms with Crippen LogP contribution in [0.3, 0.4) is 0 Å². The van der Waals surface area contributed by atoms with E-state index in [1.165, 1.54) is 36.0 Å². The molecule has 2 aromatic heterocycles. The largest absolute Gasteiger partial charge is 0.368 e. The highest BCUT2D eigenvalue weighted by atomic mass is 32.2. The summed E-state index contributed by atoms with van der Waals surface area (Å²) in [6.45, 7) is 0. The molecule has 0 aliphatic heterocycles. The molecule has 1 aliphatic carbocycles. The normalized spacial score (nSPS) is 14.8. The molecule has 0 radical (unpaired) electrons. The van der Waals surface area contributed by atoms with Crippen molar-refractivity contribution in [3.63, 3.8) is 0 Å². The Bertz CT molecular complexity index is 1120. The van der Waals surface area contributed by atoms with Gasteiger partial charge in [0, 0.05) is 17.8 Å². The third-order valence-corrected chi connectivity index (χ3v) is 5.54. The molecule has 0 amide bonds. The zero-order valence-electron chi connectivity index (χ0n) is 15.5. The summed E-state index contributed by atoms with van der Waals surface area (Å²) in [6, 6.07) is 8.19. The van der Waals surface area contributed by atoms with Crippen LogP contribution in [0.15, 0.2) is 41.6 Å². The minimum atomic E-state index is -3.81. The third-order valence-electron chi connectivity index (χ3n) is 4.63. The average Bonchev–Trinajstić information content (AvgIpc) is 3.31. The van der Waals surface area contributed by atoms with Crippen LogP contribution >= 0.6 is 0 Å². The van der Waals surface area contributed by atoms with E-state index in [1.807, 2.05) is 0 Å². The van der Waals surface area contributed by atoms with Gasteiger partial charge in [-0.25, -0.2) is 23.5 Å². The monoisotopic (exact) mass is 415 g/mol. The van der Waals surface area contributed by atoms with Crippen LogP contribution in [0.1, 0.15) is 25.7 Å². The van der Waals surface area contributed by atoms with Crippen molar-refractivity contribution < 1.29 is 8.42 Å². The molecule has 0 spiro atoms. The van der Waals surface area contributed by atoms with Crippen molar-refractivity contribution in [2.45, 2.75) is 36.6 Å². The van der Waals surface area contributed by atoms with Crippen LogP contribution in [0.4, 0.5) is 23.4 Å². The van der Waals surface area contributed by atoms with Gasteiger partial charge in [0.05, 0.1) is 4.90 Å². The highest BCUT2D eigenvalue weighted by molar-refractivity contribution is 7.89. The fourth-order valence-corrected chi connectivity index (χ4v) is 3.81. The van der Waals surface area contributed by atoms with Crippen molar-refractivity contribution in [2.75, 3.05) is 16.4 Å². The molecule has 12 heteroatoms. The van der Waals surface area contributed by atoms with Gasteiger partial charge in [-0.2, -0.15) is 9.67 Å². The molecule has 6 N–H and O–H groups in total. The van der Waals surface area contributed by atoms with Gasteiger partial charge < -0.3 is 16.4 Å². The van der Waals surface area contributed by atoms with Crippen molar-refractivity contribution >= 4 is 33.4 Å². The molecule has 1 aliphatic rings. The van der Waals surface area contributed by atoms with Gasteiger partial charge in [0.2, 0.25) is 21.9 Å². The number of hydrogen-bond donors (Lipinski definition) is 4. The predicted molar refractivity (Wildman–Crippen MR) is 108 cm³/mol. The minimum Gasteiger partial charge on any atom is -0.368 e. The fraction of sp³-hybridized carbons (Fsp3) is 0.294. The molecular formula is C17H21N9O2S. The van der Waals surface area contributed by atoms with E-state index in [-0.39, 0.29) is 16.8 Å². The summed E-state index contributed by atoms with van der Waals surface area (Å²) >= 11 is 0. The summed E-state index contributed by atoms with van der Waals surface area (Å²) in [7, 11) is -3.81. The maximum atomic E-state index is 11.5. The van der Waals surface area contributed by atoms with Crippen LogP contribution in [-0.2, 0) is 10.0 Å². The lowest BCUT2D eigenvalue weighted by atomic mass is 10.2. The molecule has 0 saturated heterocycles. The second-order valence-electron chi connectivity index (χ2n) is 6.79. The van der Waals surface area contributed by atoms with Crippen molar-refractivity contribution in [1.82, 2.24) is 24.7 Å². The molecule has 2 heterocycles. The van der Waals surface area contributed by atoms with Gasteiger partial charge in [-0.1, -0.05) is 18.9 Å². The minimum absolute atomic E-state index is 0.0201. The Labute approximate surface area is 167 Å². The second kappa shape index (κ2) is 7.64. The molecule has 1 fully saturated rings. The van der Waals surface area contributed by atoms with Crippen molar-refractivity contribution in [3.8, 4) is 5.82 Å². The van der Waals surface area contributed by atoms with E-state index < -0.39 is 10.0 Å². The number of nitrogens with one attached hydrogen (secondary N) is 2. The Morgan fingerprint density at radius 1 is 1.14 bits per heavy atom. The highest BCUT2D eigenvalue weighted by Gasteiger charge is 2.17. The van der Waals surface area contributed by atoms with Crippen LogP contribution in [0.5, 0.6) is 0 Å². The van der Waals surface area contributed by atoms with Gasteiger partial charge in [0.1, 0.15) is 12.1 Å². The quantitative estimate of drug-likeness (QED) is 0.465. The molecule has 11 nitrogen and oxygen atoms in total. The summed E-state index contributed by atoms with van der Waals surface area (Å²) < 4.78 is 24.4. The summed E-state index contributed by atoms with van der Waals surface area (Å²) in [5.41, 5.74) is 6.45. The highest BCUT2D eigenvalue weighted by Crippen LogP contribution is 2.23. The number of benzene rings is 1. The van der Waals surface area contributed by atoms with E-state index in [9.17, 15) is 8.42 Å². The van der Waals surface area contributed by atoms with E-state index in [0.29, 0.717) is 23.4 Å². The smallest absolute Gasteiger partial charge is 0.248 e. The second-order valence-corrected chi connectivity index (χ2v) is 8.35. The van der Waals surface area contributed by atoms with Crippen molar-refractivity contribution in [1.29, 1.82) is 0 Å². The Kier molecular flexibility index (Phi) is 5.03. The van der Waals surface area contributed by atoms with E-state index in [0.717, 1.165) is 12.8 Å². The number of aromatic nitrogens is 5. The molecule has 0 bridgehead atoms. The SMILES string of the molecule is Nc1nc(Nc2cccc(S(N)(=O)=O)c2)nn1-c1cc(NC2CCCC2)ncn1. The lowest BCUT2D eigenvalue weighted by Gasteiger charge is -2.12. The lowest BCUT2D eigenvalue weighted by Crippen LogP contribution is -2.16. The number of rotatable bonds is 6. The number of sulfonamides is 1. The third kappa shape index (κ3) is 4.43. The summed E-state index contributed by atoms with van der Waals surface area (Å²) in [6.07, 6.45) is 6.12. The van der Waals surface area contributed by atoms with Crippen LogP contribution in [0.2, 0.25) is 0 Å². The fourth-order valence-electron chi connectivity index (χ4n) is 3.25. The van der Waals surface area contributed by atoms with Gasteiger partial charge in [-0.15, -0.1) is 5.10 Å². The molecule has 1 aromatic carbocycles. The van der Waals surface area contributed by atoms with Gasteiger partial charge in [0.25, 0.3) is 0 Å². The van der Waals surface area contributed by atoms with E-state index in [2.05, 4.69) is 30.7 Å². The van der Waals surface area contributed by atoms with Gasteiger partial charge in [-0.3, -0.25) is 0 Å². The average molecular weight is 415 g/mol. The van der Waals surface area contributed by atoms with Crippen LogP contribution in [-0.4, -0.2) is 39.2 Å². The number of nitrogens with two attached hydrogens (primary N) is 2. The van der Waals surface area contributed by atoms with E-state index in [1.54, 1.807) is 18.2 Å². The van der Waals surface area contributed by atoms with Gasteiger partial charge >= 0.3 is 0 Å². The summed E-state index contributed by atoms with van der Waals surface area (Å²) in [5, 5.41) is 15.8. The predicted octanol–water partition coefficient (Wildman–Crippen LogP) is 1.38. The zero-order valence-corrected chi connectivity index (χ0v) is 16.3. The van der Waals surface area contributed by atoms with Crippen LogP contribution < -0.4 is 21.5 Å². The van der Waals surface area contributed by atoms with Crippen molar-refractivity contribution in [2.24, 2.45) is 5.14 Å². The maximum absolute atomic E-state index is 11.5. The van der Waals surface area contributed by atoms with Crippen LogP contribution in [0, 0.1) is 0 Å². The Hall–Kier alpha value is -3.25. The number of hydrogen-bond acceptors (Lipinski definition) is 9. The maximum Gasteiger partial charge on any atom is 0.248 e. The molecule has 3 aromatic rings. The first-order valence-electron chi connectivity index (χ1n) is 9.10. The first kappa shape index (κ1) is 19.1. The Morgan fingerprint density at radius 2 is 1.93 bits per heavy atom. The van der Waals surface area contributed by atoms with Crippen molar-refractivity contribution in [3.05, 3.63) is 36.7 Å². The number of nitrogen functional groups attached to an aromatic ring is 1. The zero-order chi connectivity index (χ0) is 20.4. The molecule has 0 atom stereocenters. The van der Waals surface area contributed by atoms with Gasteiger partial charge in [-0.05, 0) is 31.0 Å². The molecule has 0 unspecified atom stereocenters. The number of primary sulfonamides is 1. The van der Waals surface area contributed by atoms with E-state index >= 15 is 0 Å². The topological polar surface area (TPSA) is 167 Å². The number of nitrogens with zero attached hydrogens (tertiary/aromatic N) is 5. The molecule has 29 heavy (non-hydrogen) atoms. The van der Waals surface area contributed by atoms with E-state index in [4.69, 9.17) is 10.9 Å². The first-order chi connectivity index (χ1) is 13.9. The molecule has 152 valence electrons. The summed E-state index contributed by atoms with van der Waals surface area (Å²) in [4.78, 5) is 12.6. The standard InChI is InChI=1S/C17H21N9O2S/c18-16-24-17(23-12-6-3-7-13(8-12)29(19,27)28)25-26(16)15-9-14(20-10-21-15)22-11-4-1-2-5-11/h3,6-11H,1-2,4-5H2,(H2,19,27,28)(H,20,21,22)(H3,18,23,24,25). The number of anilines is 4. The molecule has 4 rings (SSSR count). The first-order valence-corrected chi connectivity index (χ1v) is 10.6. The Morgan fingerprint density at radius 3 is 2.69 bits per heavy atom. The summed E-state index contributed by atoms with van der Waals surface area (Å²) in [5.74, 6) is 1.49. The Balaban J connectivity index is 1.55. The van der Waals surface area contributed by atoms with Gasteiger partial charge in [0.15, 0.2) is 5.82 Å². The lowest BCUT2D eigenvalue weighted by molar-refractivity contribution is 0.598. The molecular weight excluding hydrogens is 394 g/mol.